The van der Waals surface area contributed by atoms with Gasteiger partial charge in [-0.25, -0.2) is 0 Å². The third-order valence-electron chi connectivity index (χ3n) is 3.72. The number of hydrogen-bond donors (Lipinski definition) is 1. The predicted molar refractivity (Wildman–Crippen MR) is 78.1 cm³/mol. The van der Waals surface area contributed by atoms with E-state index in [1.165, 1.54) is 24.1 Å². The number of aliphatic carboxylic acids is 1. The summed E-state index contributed by atoms with van der Waals surface area (Å²) in [6.45, 7) is 0.501. The number of nitro groups is 1. The normalized spacial score (nSPS) is 21.6. The SMILES string of the molecule is COCC1(C(=O)O)CCCN(C(=O)c2ccc([N+](=O)[O-])s2)C1. The Morgan fingerprint density at radius 2 is 2.27 bits per heavy atom. The van der Waals surface area contributed by atoms with Gasteiger partial charge in [0.25, 0.3) is 5.91 Å². The molecule has 1 aromatic heterocycles. The van der Waals surface area contributed by atoms with Gasteiger partial charge in [0.05, 0.1) is 16.4 Å². The van der Waals surface area contributed by atoms with Crippen LogP contribution in [0.15, 0.2) is 12.1 Å². The predicted octanol–water partition coefficient (Wildman–Crippen LogP) is 1.61. The molecule has 1 aliphatic heterocycles. The number of ether oxygens (including phenoxy) is 1. The minimum absolute atomic E-state index is 0.0245. The summed E-state index contributed by atoms with van der Waals surface area (Å²) in [5.41, 5.74) is -1.12. The number of carboxylic acids is 1. The van der Waals surface area contributed by atoms with Crippen LogP contribution in [0.1, 0.15) is 22.5 Å². The highest BCUT2D eigenvalue weighted by molar-refractivity contribution is 7.17. The van der Waals surface area contributed by atoms with Gasteiger partial charge in [-0.2, -0.15) is 0 Å². The first-order chi connectivity index (χ1) is 10.4. The average molecular weight is 328 g/mol. The second-order valence-corrected chi connectivity index (χ2v) is 6.31. The first-order valence-corrected chi connectivity index (χ1v) is 7.47. The van der Waals surface area contributed by atoms with Crippen molar-refractivity contribution in [1.82, 2.24) is 4.90 Å². The Morgan fingerprint density at radius 3 is 2.82 bits per heavy atom. The Labute approximate surface area is 130 Å². The average Bonchev–Trinajstić information content (AvgIpc) is 2.97. The van der Waals surface area contributed by atoms with E-state index in [0.29, 0.717) is 19.4 Å². The molecule has 1 unspecified atom stereocenters. The molecule has 2 heterocycles. The summed E-state index contributed by atoms with van der Waals surface area (Å²) in [5, 5.41) is 20.0. The van der Waals surface area contributed by atoms with Crippen LogP contribution in [0.25, 0.3) is 0 Å². The maximum absolute atomic E-state index is 12.4. The van der Waals surface area contributed by atoms with E-state index >= 15 is 0 Å². The standard InChI is InChI=1S/C13H16N2O6S/c1-21-8-13(12(17)18)5-2-6-14(7-13)11(16)9-3-4-10(22-9)15(19)20/h3-4H,2,5-8H2,1H3,(H,17,18). The molecule has 0 aromatic carbocycles. The molecule has 1 amide bonds. The Hall–Kier alpha value is -2.00. The molecule has 1 aromatic rings. The number of thiophene rings is 1. The van der Waals surface area contributed by atoms with Gasteiger partial charge in [0, 0.05) is 26.3 Å². The van der Waals surface area contributed by atoms with Crippen molar-refractivity contribution in [2.75, 3.05) is 26.8 Å². The topological polar surface area (TPSA) is 110 Å². The summed E-state index contributed by atoms with van der Waals surface area (Å²) >= 11 is 0.796. The highest BCUT2D eigenvalue weighted by Crippen LogP contribution is 2.33. The lowest BCUT2D eigenvalue weighted by molar-refractivity contribution is -0.380. The number of methoxy groups -OCH3 is 1. The van der Waals surface area contributed by atoms with Gasteiger partial charge < -0.3 is 14.7 Å². The van der Waals surface area contributed by atoms with Crippen molar-refractivity contribution in [3.05, 3.63) is 27.1 Å². The maximum atomic E-state index is 12.4. The highest BCUT2D eigenvalue weighted by atomic mass is 32.1. The number of hydrogen-bond acceptors (Lipinski definition) is 6. The lowest BCUT2D eigenvalue weighted by atomic mass is 9.80. The number of amides is 1. The van der Waals surface area contributed by atoms with E-state index in [0.717, 1.165) is 11.3 Å². The molecular formula is C13H16N2O6S. The molecule has 2 rings (SSSR count). The van der Waals surface area contributed by atoms with E-state index in [1.807, 2.05) is 0 Å². The fourth-order valence-corrected chi connectivity index (χ4v) is 3.42. The van der Waals surface area contributed by atoms with Crippen LogP contribution in [-0.4, -0.2) is 53.6 Å². The van der Waals surface area contributed by atoms with E-state index in [4.69, 9.17) is 4.74 Å². The number of likely N-dealkylation sites (tertiary alicyclic amines) is 1. The van der Waals surface area contributed by atoms with E-state index in [9.17, 15) is 24.8 Å². The Balaban J connectivity index is 2.18. The van der Waals surface area contributed by atoms with Gasteiger partial charge >= 0.3 is 11.0 Å². The van der Waals surface area contributed by atoms with Crippen molar-refractivity contribution < 1.29 is 24.4 Å². The zero-order valence-electron chi connectivity index (χ0n) is 12.0. The van der Waals surface area contributed by atoms with Gasteiger partial charge in [0.1, 0.15) is 5.41 Å². The van der Waals surface area contributed by atoms with Crippen molar-refractivity contribution in [3.8, 4) is 0 Å². The van der Waals surface area contributed by atoms with Gasteiger partial charge in [-0.05, 0) is 18.9 Å². The number of piperidine rings is 1. The van der Waals surface area contributed by atoms with Crippen LogP contribution in [0.3, 0.4) is 0 Å². The maximum Gasteiger partial charge on any atom is 0.324 e. The van der Waals surface area contributed by atoms with Crippen LogP contribution >= 0.6 is 11.3 Å². The van der Waals surface area contributed by atoms with Crippen molar-refractivity contribution in [1.29, 1.82) is 0 Å². The minimum atomic E-state index is -1.12. The lowest BCUT2D eigenvalue weighted by Crippen LogP contribution is -2.52. The molecule has 1 saturated heterocycles. The van der Waals surface area contributed by atoms with Crippen molar-refractivity contribution in [2.24, 2.45) is 5.41 Å². The van der Waals surface area contributed by atoms with Gasteiger partial charge in [0.15, 0.2) is 0 Å². The van der Waals surface area contributed by atoms with E-state index in [2.05, 4.69) is 0 Å². The molecule has 1 aliphatic rings. The molecule has 0 radical (unpaired) electrons. The first-order valence-electron chi connectivity index (χ1n) is 6.65. The lowest BCUT2D eigenvalue weighted by Gasteiger charge is -2.39. The zero-order chi connectivity index (χ0) is 16.3. The van der Waals surface area contributed by atoms with Gasteiger partial charge in [-0.15, -0.1) is 0 Å². The smallest absolute Gasteiger partial charge is 0.324 e. The van der Waals surface area contributed by atoms with Crippen molar-refractivity contribution in [2.45, 2.75) is 12.8 Å². The van der Waals surface area contributed by atoms with Crippen LogP contribution in [0, 0.1) is 15.5 Å². The Kier molecular flexibility index (Phi) is 4.77. The molecule has 9 heteroatoms. The Bertz CT molecular complexity index is 597. The summed E-state index contributed by atoms with van der Waals surface area (Å²) in [6, 6.07) is 2.68. The highest BCUT2D eigenvalue weighted by Gasteiger charge is 2.44. The van der Waals surface area contributed by atoms with E-state index < -0.39 is 16.3 Å². The van der Waals surface area contributed by atoms with Crippen molar-refractivity contribution >= 4 is 28.2 Å². The van der Waals surface area contributed by atoms with Gasteiger partial charge in [-0.3, -0.25) is 19.7 Å². The van der Waals surface area contributed by atoms with E-state index in [-0.39, 0.29) is 28.9 Å². The number of carboxylic acid groups (broad SMARTS) is 1. The third-order valence-corrected chi connectivity index (χ3v) is 4.75. The molecule has 8 nitrogen and oxygen atoms in total. The molecule has 1 N–H and O–H groups in total. The number of carbonyl (C=O) groups excluding carboxylic acids is 1. The summed E-state index contributed by atoms with van der Waals surface area (Å²) < 4.78 is 5.01. The van der Waals surface area contributed by atoms with Crippen LogP contribution in [-0.2, 0) is 9.53 Å². The number of rotatable bonds is 5. The second kappa shape index (κ2) is 6.41. The van der Waals surface area contributed by atoms with Gasteiger partial charge in [0.2, 0.25) is 0 Å². The molecule has 1 atom stereocenters. The van der Waals surface area contributed by atoms with Gasteiger partial charge in [-0.1, -0.05) is 11.3 Å². The molecule has 0 saturated carbocycles. The van der Waals surface area contributed by atoms with Crippen molar-refractivity contribution in [3.63, 3.8) is 0 Å². The number of carbonyl (C=O) groups is 2. The fraction of sp³-hybridized carbons (Fsp3) is 0.538. The quantitative estimate of drug-likeness (QED) is 0.649. The third kappa shape index (κ3) is 3.09. The fourth-order valence-electron chi connectivity index (χ4n) is 2.63. The van der Waals surface area contributed by atoms with E-state index in [1.54, 1.807) is 0 Å². The largest absolute Gasteiger partial charge is 0.481 e. The van der Waals surface area contributed by atoms with Crippen LogP contribution in [0.2, 0.25) is 0 Å². The van der Waals surface area contributed by atoms with Crippen LogP contribution in [0.5, 0.6) is 0 Å². The summed E-state index contributed by atoms with van der Waals surface area (Å²) in [5.74, 6) is -1.37. The summed E-state index contributed by atoms with van der Waals surface area (Å²) in [6.07, 6.45) is 0.986. The monoisotopic (exact) mass is 328 g/mol. The first kappa shape index (κ1) is 16.4. The molecule has 1 fully saturated rings. The zero-order valence-corrected chi connectivity index (χ0v) is 12.8. The molecule has 22 heavy (non-hydrogen) atoms. The molecular weight excluding hydrogens is 312 g/mol. The molecule has 0 bridgehead atoms. The summed E-state index contributed by atoms with van der Waals surface area (Å²) in [4.78, 5) is 35.8. The van der Waals surface area contributed by atoms with Crippen LogP contribution in [0.4, 0.5) is 5.00 Å². The molecule has 0 spiro atoms. The Morgan fingerprint density at radius 1 is 1.55 bits per heavy atom. The van der Waals surface area contributed by atoms with Crippen LogP contribution < -0.4 is 0 Å². The molecule has 120 valence electrons. The summed E-state index contributed by atoms with van der Waals surface area (Å²) in [7, 11) is 1.42. The number of nitrogens with zero attached hydrogens (tertiary/aromatic N) is 2. The second-order valence-electron chi connectivity index (χ2n) is 5.24. The molecule has 0 aliphatic carbocycles. The minimum Gasteiger partial charge on any atom is -0.481 e.